The zero-order valence-corrected chi connectivity index (χ0v) is 12.3. The van der Waals surface area contributed by atoms with E-state index in [0.717, 1.165) is 6.54 Å². The normalized spacial score (nSPS) is 13.2. The molecule has 2 heterocycles. The molecule has 104 valence electrons. The number of anilines is 1. The molecule has 1 aliphatic heterocycles. The fourth-order valence-corrected chi connectivity index (χ4v) is 3.19. The molecule has 3 nitrogen and oxygen atoms in total. The minimum absolute atomic E-state index is 0.859. The largest absolute Gasteiger partial charge is 0.378 e. The first-order valence-corrected chi connectivity index (χ1v) is 7.27. The number of rotatable bonds is 1. The van der Waals surface area contributed by atoms with Gasteiger partial charge < -0.3 is 5.32 Å². The molecule has 0 unspecified atom stereocenters. The lowest BCUT2D eigenvalue weighted by atomic mass is 10.1. The third kappa shape index (κ3) is 1.70. The Labute approximate surface area is 124 Å². The molecule has 1 aromatic heterocycles. The van der Waals surface area contributed by atoms with Crippen molar-refractivity contribution in [1.82, 2.24) is 4.57 Å². The third-order valence-electron chi connectivity index (χ3n) is 4.21. The molecule has 0 spiro atoms. The van der Waals surface area contributed by atoms with Crippen molar-refractivity contribution < 1.29 is 4.57 Å². The van der Waals surface area contributed by atoms with Crippen LogP contribution in [0.25, 0.3) is 28.6 Å². The highest BCUT2D eigenvalue weighted by molar-refractivity contribution is 5.88. The Morgan fingerprint density at radius 3 is 2.81 bits per heavy atom. The molecule has 4 rings (SSSR count). The van der Waals surface area contributed by atoms with Gasteiger partial charge >= 0.3 is 0 Å². The maximum Gasteiger partial charge on any atom is 0.294 e. The molecule has 0 amide bonds. The lowest BCUT2D eigenvalue weighted by Gasteiger charge is -2.02. The Bertz CT molecular complexity index is 872. The van der Waals surface area contributed by atoms with Gasteiger partial charge in [0.15, 0.2) is 5.52 Å². The van der Waals surface area contributed by atoms with E-state index < -0.39 is 0 Å². The number of para-hydroxylation sites is 1. The molecule has 0 radical (unpaired) electrons. The standard InChI is InChI=1S/C18H18N3/c1-13-7-3-4-8-14(13)18-20(2)16-10-5-9-15-17(16)21(18)12-6-11-19-15/h3-10,12,19H,11H2,1-2H3/q+1. The molecular weight excluding hydrogens is 258 g/mol. The van der Waals surface area contributed by atoms with Gasteiger partial charge in [0, 0.05) is 6.54 Å². The number of benzene rings is 2. The van der Waals surface area contributed by atoms with Crippen molar-refractivity contribution in [1.29, 1.82) is 0 Å². The molecule has 0 fully saturated rings. The van der Waals surface area contributed by atoms with Crippen molar-refractivity contribution in [2.45, 2.75) is 6.92 Å². The van der Waals surface area contributed by atoms with Crippen LogP contribution in [0.2, 0.25) is 0 Å². The number of nitrogens with zero attached hydrogens (tertiary/aromatic N) is 2. The van der Waals surface area contributed by atoms with Gasteiger partial charge in [0.1, 0.15) is 0 Å². The second-order valence-electron chi connectivity index (χ2n) is 5.51. The lowest BCUT2D eigenvalue weighted by molar-refractivity contribution is -0.526. The second kappa shape index (κ2) is 4.48. The van der Waals surface area contributed by atoms with Gasteiger partial charge in [0.2, 0.25) is 5.52 Å². The van der Waals surface area contributed by atoms with Gasteiger partial charge in [-0.25, -0.2) is 4.57 Å². The Morgan fingerprint density at radius 1 is 1.10 bits per heavy atom. The lowest BCUT2D eigenvalue weighted by Crippen LogP contribution is -2.28. The molecule has 3 aromatic rings. The van der Waals surface area contributed by atoms with Crippen LogP contribution in [0.1, 0.15) is 5.56 Å². The minimum atomic E-state index is 0.859. The predicted octanol–water partition coefficient (Wildman–Crippen LogP) is 3.34. The Morgan fingerprint density at radius 2 is 1.95 bits per heavy atom. The number of nitrogens with one attached hydrogen (secondary N) is 1. The highest BCUT2D eigenvalue weighted by Crippen LogP contribution is 2.29. The number of hydrogen-bond acceptors (Lipinski definition) is 1. The molecule has 0 saturated carbocycles. The number of imidazole rings is 1. The van der Waals surface area contributed by atoms with Gasteiger partial charge in [-0.15, -0.1) is 0 Å². The summed E-state index contributed by atoms with van der Waals surface area (Å²) in [4.78, 5) is 0. The summed E-state index contributed by atoms with van der Waals surface area (Å²) in [5.74, 6) is 1.22. The van der Waals surface area contributed by atoms with Crippen molar-refractivity contribution in [3.05, 3.63) is 54.1 Å². The molecule has 2 aromatic carbocycles. The number of aromatic nitrogens is 2. The van der Waals surface area contributed by atoms with E-state index in [9.17, 15) is 0 Å². The van der Waals surface area contributed by atoms with E-state index in [1.165, 1.54) is 33.7 Å². The Hall–Kier alpha value is -2.55. The maximum absolute atomic E-state index is 3.48. The van der Waals surface area contributed by atoms with Crippen LogP contribution in [-0.2, 0) is 7.05 Å². The van der Waals surface area contributed by atoms with E-state index in [1.807, 2.05) is 0 Å². The second-order valence-corrected chi connectivity index (χ2v) is 5.51. The third-order valence-corrected chi connectivity index (χ3v) is 4.21. The van der Waals surface area contributed by atoms with E-state index in [2.05, 4.69) is 83.2 Å². The van der Waals surface area contributed by atoms with Crippen LogP contribution < -0.4 is 9.88 Å². The van der Waals surface area contributed by atoms with Crippen LogP contribution in [0, 0.1) is 6.92 Å². The fraction of sp³-hybridized carbons (Fsp3) is 0.167. The van der Waals surface area contributed by atoms with Crippen molar-refractivity contribution >= 4 is 22.9 Å². The minimum Gasteiger partial charge on any atom is -0.378 e. The van der Waals surface area contributed by atoms with E-state index >= 15 is 0 Å². The van der Waals surface area contributed by atoms with Crippen LogP contribution in [-0.4, -0.2) is 11.1 Å². The molecule has 0 aliphatic carbocycles. The molecule has 0 saturated heterocycles. The molecule has 0 bridgehead atoms. The number of hydrogen-bond donors (Lipinski definition) is 1. The molecule has 0 atom stereocenters. The summed E-state index contributed by atoms with van der Waals surface area (Å²) in [7, 11) is 2.14. The SMILES string of the molecule is Cc1ccccc1-c1n(C)c2cccc3c2[n+]1C=CCN3. The van der Waals surface area contributed by atoms with Crippen LogP contribution in [0.5, 0.6) is 0 Å². The topological polar surface area (TPSA) is 20.8 Å². The van der Waals surface area contributed by atoms with Gasteiger partial charge in [0.25, 0.3) is 5.82 Å². The summed E-state index contributed by atoms with van der Waals surface area (Å²) in [6, 6.07) is 15.0. The predicted molar refractivity (Wildman–Crippen MR) is 87.1 cm³/mol. The average molecular weight is 276 g/mol. The fourth-order valence-electron chi connectivity index (χ4n) is 3.19. The first-order chi connectivity index (χ1) is 10.3. The Balaban J connectivity index is 2.17. The molecular formula is C18H18N3+. The van der Waals surface area contributed by atoms with Gasteiger partial charge in [0.05, 0.1) is 24.5 Å². The molecule has 21 heavy (non-hydrogen) atoms. The summed E-state index contributed by atoms with van der Waals surface area (Å²) in [6.07, 6.45) is 4.34. The zero-order valence-electron chi connectivity index (χ0n) is 12.3. The number of aryl methyl sites for hydroxylation is 2. The van der Waals surface area contributed by atoms with E-state index in [-0.39, 0.29) is 0 Å². The van der Waals surface area contributed by atoms with Crippen LogP contribution >= 0.6 is 0 Å². The quantitative estimate of drug-likeness (QED) is 0.676. The van der Waals surface area contributed by atoms with Crippen molar-refractivity contribution in [3.63, 3.8) is 0 Å². The first kappa shape index (κ1) is 12.2. The summed E-state index contributed by atoms with van der Waals surface area (Å²) in [6.45, 7) is 3.03. The van der Waals surface area contributed by atoms with Crippen molar-refractivity contribution in [3.8, 4) is 11.4 Å². The monoisotopic (exact) mass is 276 g/mol. The maximum atomic E-state index is 3.48. The van der Waals surface area contributed by atoms with Crippen molar-refractivity contribution in [2.75, 3.05) is 11.9 Å². The van der Waals surface area contributed by atoms with E-state index in [4.69, 9.17) is 0 Å². The summed E-state index contributed by atoms with van der Waals surface area (Å²) in [5.41, 5.74) is 6.23. The highest BCUT2D eigenvalue weighted by Gasteiger charge is 2.26. The first-order valence-electron chi connectivity index (χ1n) is 7.27. The van der Waals surface area contributed by atoms with Crippen LogP contribution in [0.15, 0.2) is 48.5 Å². The van der Waals surface area contributed by atoms with Gasteiger partial charge in [-0.2, -0.15) is 4.57 Å². The Kier molecular flexibility index (Phi) is 2.61. The molecule has 1 N–H and O–H groups in total. The van der Waals surface area contributed by atoms with Gasteiger partial charge in [-0.1, -0.05) is 24.3 Å². The summed E-state index contributed by atoms with van der Waals surface area (Å²) < 4.78 is 4.57. The van der Waals surface area contributed by atoms with E-state index in [0.29, 0.717) is 0 Å². The van der Waals surface area contributed by atoms with Crippen LogP contribution in [0.4, 0.5) is 5.69 Å². The molecule has 3 heteroatoms. The highest BCUT2D eigenvalue weighted by atomic mass is 15.2. The van der Waals surface area contributed by atoms with Gasteiger partial charge in [-0.3, -0.25) is 0 Å². The summed E-state index contributed by atoms with van der Waals surface area (Å²) in [5, 5.41) is 3.48. The average Bonchev–Trinajstić information content (AvgIpc) is 2.66. The molecule has 1 aliphatic rings. The van der Waals surface area contributed by atoms with Gasteiger partial charge in [-0.05, 0) is 36.8 Å². The van der Waals surface area contributed by atoms with E-state index in [1.54, 1.807) is 0 Å². The van der Waals surface area contributed by atoms with Crippen LogP contribution in [0.3, 0.4) is 0 Å². The summed E-state index contributed by atoms with van der Waals surface area (Å²) >= 11 is 0. The smallest absolute Gasteiger partial charge is 0.294 e. The zero-order chi connectivity index (χ0) is 14.4. The van der Waals surface area contributed by atoms with Crippen molar-refractivity contribution in [2.24, 2.45) is 7.05 Å².